The summed E-state index contributed by atoms with van der Waals surface area (Å²) in [6.07, 6.45) is -1.50. The number of esters is 2. The van der Waals surface area contributed by atoms with Gasteiger partial charge in [-0.25, -0.2) is 0 Å². The minimum absolute atomic E-state index is 0.0453. The highest BCUT2D eigenvalue weighted by atomic mass is 16.6. The zero-order valence-electron chi connectivity index (χ0n) is 18.9. The first-order valence-electron chi connectivity index (χ1n) is 10.4. The van der Waals surface area contributed by atoms with Crippen molar-refractivity contribution in [2.24, 2.45) is 11.8 Å². The van der Waals surface area contributed by atoms with E-state index in [1.165, 1.54) is 40.2 Å². The highest BCUT2D eigenvalue weighted by Crippen LogP contribution is 2.45. The number of hydrogen-bond donors (Lipinski definition) is 2. The Morgan fingerprint density at radius 3 is 1.55 bits per heavy atom. The molecule has 1 fully saturated rings. The number of carbonyl (C=O) groups excluding carboxylic acids is 2. The number of methoxy groups -OCH3 is 2. The van der Waals surface area contributed by atoms with E-state index in [2.05, 4.69) is 0 Å². The van der Waals surface area contributed by atoms with E-state index in [1.54, 1.807) is 24.3 Å². The fraction of sp³-hybridized carbons (Fsp3) is 0.417. The van der Waals surface area contributed by atoms with E-state index < -0.39 is 24.1 Å². The summed E-state index contributed by atoms with van der Waals surface area (Å²) in [5, 5.41) is 20.0. The Labute approximate surface area is 191 Å². The van der Waals surface area contributed by atoms with Crippen LogP contribution in [0, 0.1) is 11.8 Å². The zero-order valence-corrected chi connectivity index (χ0v) is 18.9. The van der Waals surface area contributed by atoms with Crippen molar-refractivity contribution in [2.45, 2.75) is 26.1 Å². The number of ether oxygens (including phenoxy) is 5. The molecule has 0 aliphatic carbocycles. The maximum absolute atomic E-state index is 12.0. The van der Waals surface area contributed by atoms with Gasteiger partial charge in [-0.3, -0.25) is 9.59 Å². The first kappa shape index (κ1) is 24.2. The summed E-state index contributed by atoms with van der Waals surface area (Å²) in [4.78, 5) is 24.0. The van der Waals surface area contributed by atoms with E-state index in [9.17, 15) is 19.8 Å². The lowest BCUT2D eigenvalue weighted by atomic mass is 9.81. The predicted molar refractivity (Wildman–Crippen MR) is 116 cm³/mol. The summed E-state index contributed by atoms with van der Waals surface area (Å²) in [7, 11) is 2.85. The van der Waals surface area contributed by atoms with E-state index in [0.29, 0.717) is 11.1 Å². The third kappa shape index (κ3) is 5.48. The molecule has 0 unspecified atom stereocenters. The lowest BCUT2D eigenvalue weighted by molar-refractivity contribution is -0.157. The van der Waals surface area contributed by atoms with Crippen molar-refractivity contribution in [2.75, 3.05) is 27.4 Å². The minimum atomic E-state index is -0.749. The molecule has 178 valence electrons. The van der Waals surface area contributed by atoms with Gasteiger partial charge in [0.05, 0.1) is 27.4 Å². The van der Waals surface area contributed by atoms with Gasteiger partial charge in [-0.2, -0.15) is 0 Å². The molecule has 33 heavy (non-hydrogen) atoms. The van der Waals surface area contributed by atoms with Crippen LogP contribution in [0.2, 0.25) is 0 Å². The quantitative estimate of drug-likeness (QED) is 0.572. The van der Waals surface area contributed by atoms with E-state index in [-0.39, 0.29) is 48.0 Å². The number of rotatable bonds is 8. The third-order valence-corrected chi connectivity index (χ3v) is 5.60. The zero-order chi connectivity index (χ0) is 24.1. The van der Waals surface area contributed by atoms with Gasteiger partial charge in [0.15, 0.2) is 23.0 Å². The van der Waals surface area contributed by atoms with E-state index in [0.717, 1.165) is 0 Å². The molecule has 0 aromatic heterocycles. The fourth-order valence-electron chi connectivity index (χ4n) is 4.12. The maximum Gasteiger partial charge on any atom is 0.303 e. The summed E-state index contributed by atoms with van der Waals surface area (Å²) in [6, 6.07) is 9.41. The topological polar surface area (TPSA) is 121 Å². The molecule has 0 radical (unpaired) electrons. The smallest absolute Gasteiger partial charge is 0.303 e. The van der Waals surface area contributed by atoms with Gasteiger partial charge >= 0.3 is 11.9 Å². The molecular formula is C24H28O9. The molecule has 2 N–H and O–H groups in total. The number of carbonyl (C=O) groups is 2. The standard InChI is InChI=1S/C24H28O9/c1-13(25)32-23(15-5-7-19(27)21(9-15)29-3)17-11-31-12-18(17)24(33-14(2)26)16-6-8-20(28)22(10-16)30-4/h5-10,17-18,23-24,27-28H,11-12H2,1-4H3/t17-,18+,23+,24-. The second kappa shape index (κ2) is 10.4. The predicted octanol–water partition coefficient (Wildman–Crippen LogP) is 3.29. The van der Waals surface area contributed by atoms with Crippen molar-refractivity contribution in [1.82, 2.24) is 0 Å². The lowest BCUT2D eigenvalue weighted by Crippen LogP contribution is -2.30. The highest BCUT2D eigenvalue weighted by molar-refractivity contribution is 5.67. The van der Waals surface area contributed by atoms with Crippen LogP contribution in [0.4, 0.5) is 0 Å². The van der Waals surface area contributed by atoms with Gasteiger partial charge in [0, 0.05) is 25.7 Å². The first-order valence-corrected chi connectivity index (χ1v) is 10.4. The van der Waals surface area contributed by atoms with Crippen LogP contribution in [0.3, 0.4) is 0 Å². The molecule has 3 rings (SSSR count). The maximum atomic E-state index is 12.0. The Morgan fingerprint density at radius 2 is 1.21 bits per heavy atom. The van der Waals surface area contributed by atoms with Crippen LogP contribution in [-0.2, 0) is 23.8 Å². The second-order valence-electron chi connectivity index (χ2n) is 7.79. The van der Waals surface area contributed by atoms with Gasteiger partial charge in [-0.1, -0.05) is 12.1 Å². The largest absolute Gasteiger partial charge is 0.504 e. The van der Waals surface area contributed by atoms with Gasteiger partial charge in [0.25, 0.3) is 0 Å². The number of aromatic hydroxyl groups is 2. The monoisotopic (exact) mass is 460 g/mol. The molecule has 9 heteroatoms. The van der Waals surface area contributed by atoms with Crippen molar-refractivity contribution in [3.8, 4) is 23.0 Å². The Bertz CT molecular complexity index is 924. The molecule has 4 atom stereocenters. The second-order valence-corrected chi connectivity index (χ2v) is 7.79. The SMILES string of the molecule is COc1cc([C@@H](OC(C)=O)[C@H]2COC[C@H]2[C@@H](OC(C)=O)c2ccc(O)c(OC)c2)ccc1O. The molecule has 1 saturated heterocycles. The summed E-state index contributed by atoms with van der Waals surface area (Å²) in [5.41, 5.74) is 1.20. The normalized spacial score (nSPS) is 19.4. The molecular weight excluding hydrogens is 432 g/mol. The van der Waals surface area contributed by atoms with Crippen molar-refractivity contribution in [1.29, 1.82) is 0 Å². The first-order chi connectivity index (χ1) is 15.7. The summed E-state index contributed by atoms with van der Waals surface area (Å²) >= 11 is 0. The Hall–Kier alpha value is -3.46. The Kier molecular flexibility index (Phi) is 7.65. The van der Waals surface area contributed by atoms with Gasteiger partial charge in [0.1, 0.15) is 12.2 Å². The number of benzene rings is 2. The molecule has 1 aliphatic heterocycles. The molecule has 2 aromatic rings. The molecule has 0 saturated carbocycles. The summed E-state index contributed by atoms with van der Waals surface area (Å²) < 4.78 is 27.5. The molecule has 2 aromatic carbocycles. The van der Waals surface area contributed by atoms with Crippen molar-refractivity contribution < 1.29 is 43.5 Å². The molecule has 9 nitrogen and oxygen atoms in total. The van der Waals surface area contributed by atoms with Crippen LogP contribution in [0.25, 0.3) is 0 Å². The van der Waals surface area contributed by atoms with Crippen molar-refractivity contribution in [3.05, 3.63) is 47.5 Å². The average molecular weight is 460 g/mol. The molecule has 1 heterocycles. The van der Waals surface area contributed by atoms with Crippen molar-refractivity contribution in [3.63, 3.8) is 0 Å². The van der Waals surface area contributed by atoms with Crippen LogP contribution in [0.5, 0.6) is 23.0 Å². The van der Waals surface area contributed by atoms with Crippen LogP contribution in [-0.4, -0.2) is 49.6 Å². The Morgan fingerprint density at radius 1 is 0.818 bits per heavy atom. The van der Waals surface area contributed by atoms with E-state index in [1.807, 2.05) is 0 Å². The lowest BCUT2D eigenvalue weighted by Gasteiger charge is -2.32. The average Bonchev–Trinajstić information content (AvgIpc) is 3.26. The molecule has 1 aliphatic rings. The Balaban J connectivity index is 2.03. The van der Waals surface area contributed by atoms with Crippen molar-refractivity contribution >= 4 is 11.9 Å². The molecule has 0 spiro atoms. The van der Waals surface area contributed by atoms with E-state index in [4.69, 9.17) is 23.7 Å². The van der Waals surface area contributed by atoms with Gasteiger partial charge in [-0.15, -0.1) is 0 Å². The summed E-state index contributed by atoms with van der Waals surface area (Å²) in [6.45, 7) is 3.12. The van der Waals surface area contributed by atoms with Crippen LogP contribution >= 0.6 is 0 Å². The van der Waals surface area contributed by atoms with E-state index >= 15 is 0 Å². The minimum Gasteiger partial charge on any atom is -0.504 e. The van der Waals surface area contributed by atoms with Gasteiger partial charge in [0.2, 0.25) is 0 Å². The third-order valence-electron chi connectivity index (χ3n) is 5.60. The highest BCUT2D eigenvalue weighted by Gasteiger charge is 2.44. The molecule has 0 bridgehead atoms. The van der Waals surface area contributed by atoms with Crippen LogP contribution < -0.4 is 9.47 Å². The fourth-order valence-corrected chi connectivity index (χ4v) is 4.12. The number of hydrogen-bond acceptors (Lipinski definition) is 9. The molecule has 0 amide bonds. The number of phenolic OH excluding ortho intramolecular Hbond substituents is 2. The van der Waals surface area contributed by atoms with Gasteiger partial charge in [-0.05, 0) is 35.4 Å². The van der Waals surface area contributed by atoms with Crippen LogP contribution in [0.15, 0.2) is 36.4 Å². The van der Waals surface area contributed by atoms with Crippen LogP contribution in [0.1, 0.15) is 37.2 Å². The summed E-state index contributed by atoms with van der Waals surface area (Å²) in [5.74, 6) is -1.37. The van der Waals surface area contributed by atoms with Gasteiger partial charge < -0.3 is 33.9 Å². The number of phenols is 2.